The summed E-state index contributed by atoms with van der Waals surface area (Å²) in [6, 6.07) is 0.339. The highest BCUT2D eigenvalue weighted by Crippen LogP contribution is 2.31. The topological polar surface area (TPSA) is 79.7 Å². The Balaban J connectivity index is 2.05. The third kappa shape index (κ3) is 2.61. The fraction of sp³-hybridized carbons (Fsp3) is 0.750. The molecule has 0 bridgehead atoms. The summed E-state index contributed by atoms with van der Waals surface area (Å²) in [6.45, 7) is 0. The van der Waals surface area contributed by atoms with E-state index in [1.54, 1.807) is 6.21 Å². The van der Waals surface area contributed by atoms with E-state index >= 15 is 0 Å². The molecule has 0 aromatic heterocycles. The second-order valence-corrected chi connectivity index (χ2v) is 5.29. The zero-order valence-corrected chi connectivity index (χ0v) is 10.7. The van der Waals surface area contributed by atoms with E-state index in [1.165, 1.54) is 0 Å². The van der Waals surface area contributed by atoms with Crippen LogP contribution in [0.25, 0.3) is 0 Å². The van der Waals surface area contributed by atoms with Gasteiger partial charge >= 0.3 is 0 Å². The predicted octanol–water partition coefficient (Wildman–Crippen LogP) is 0.193. The fourth-order valence-corrected chi connectivity index (χ4v) is 2.54. The molecular weight excluding hydrogens is 214 g/mol. The van der Waals surface area contributed by atoms with Gasteiger partial charge < -0.3 is 16.0 Å². The van der Waals surface area contributed by atoms with Crippen LogP contribution < -0.4 is 16.8 Å². The molecule has 0 radical (unpaired) electrons. The first-order valence-electron chi connectivity index (χ1n) is 6.27. The molecule has 0 saturated heterocycles. The summed E-state index contributed by atoms with van der Waals surface area (Å²) >= 11 is 0. The highest BCUT2D eigenvalue weighted by Gasteiger charge is 2.38. The van der Waals surface area contributed by atoms with E-state index in [4.69, 9.17) is 11.5 Å². The summed E-state index contributed by atoms with van der Waals surface area (Å²) in [5.74, 6) is 0.716. The first-order chi connectivity index (χ1) is 8.01. The van der Waals surface area contributed by atoms with Crippen molar-refractivity contribution in [1.82, 2.24) is 10.2 Å². The second-order valence-electron chi connectivity index (χ2n) is 5.29. The summed E-state index contributed by atoms with van der Waals surface area (Å²) < 4.78 is 0. The summed E-state index contributed by atoms with van der Waals surface area (Å²) in [7, 11) is 3.99. The Kier molecular flexibility index (Phi) is 3.40. The molecule has 5 nitrogen and oxygen atoms in total. The lowest BCUT2D eigenvalue weighted by atomic mass is 9.82. The number of nitrogens with one attached hydrogen (secondary N) is 1. The first-order valence-corrected chi connectivity index (χ1v) is 6.27. The summed E-state index contributed by atoms with van der Waals surface area (Å²) in [5, 5.41) is 3.34. The molecule has 17 heavy (non-hydrogen) atoms. The number of nitrogens with two attached hydrogens (primary N) is 2. The van der Waals surface area contributed by atoms with Gasteiger partial charge in [-0.05, 0) is 31.8 Å². The zero-order chi connectivity index (χ0) is 12.5. The van der Waals surface area contributed by atoms with E-state index in [0.29, 0.717) is 12.0 Å². The molecule has 1 heterocycles. The molecule has 5 heteroatoms. The molecule has 0 amide bonds. The maximum absolute atomic E-state index is 6.39. The lowest BCUT2D eigenvalue weighted by Crippen LogP contribution is -2.60. The largest absolute Gasteiger partial charge is 0.364 e. The second kappa shape index (κ2) is 4.66. The average Bonchev–Trinajstić information content (AvgIpc) is 2.29. The molecule has 0 spiro atoms. The van der Waals surface area contributed by atoms with Crippen LogP contribution in [-0.2, 0) is 0 Å². The highest BCUT2D eigenvalue weighted by atomic mass is 15.3. The van der Waals surface area contributed by atoms with Crippen LogP contribution in [0, 0.1) is 5.92 Å². The van der Waals surface area contributed by atoms with Crippen molar-refractivity contribution in [2.45, 2.75) is 37.5 Å². The SMILES string of the molecule is CN(C)C1=CC=NC(N)(C2CCC(N)CC2)N1. The van der Waals surface area contributed by atoms with Crippen molar-refractivity contribution in [3.8, 4) is 0 Å². The average molecular weight is 237 g/mol. The molecule has 1 unspecified atom stereocenters. The monoisotopic (exact) mass is 237 g/mol. The fourth-order valence-electron chi connectivity index (χ4n) is 2.54. The van der Waals surface area contributed by atoms with Crippen LogP contribution in [0.5, 0.6) is 0 Å². The highest BCUT2D eigenvalue weighted by molar-refractivity contribution is 5.73. The Morgan fingerprint density at radius 2 is 2.00 bits per heavy atom. The van der Waals surface area contributed by atoms with Crippen LogP contribution in [0.15, 0.2) is 16.9 Å². The molecule has 0 aromatic carbocycles. The van der Waals surface area contributed by atoms with Crippen LogP contribution in [0.3, 0.4) is 0 Å². The number of rotatable bonds is 2. The summed E-state index contributed by atoms with van der Waals surface area (Å²) in [5.41, 5.74) is 12.3. The molecule has 5 N–H and O–H groups in total. The Morgan fingerprint density at radius 1 is 1.35 bits per heavy atom. The summed E-state index contributed by atoms with van der Waals surface area (Å²) in [4.78, 5) is 6.46. The molecular formula is C12H23N5. The molecule has 1 fully saturated rings. The molecule has 1 atom stereocenters. The Labute approximate surface area is 103 Å². The Hall–Kier alpha value is -1.07. The Bertz CT molecular complexity index is 328. The zero-order valence-electron chi connectivity index (χ0n) is 10.7. The van der Waals surface area contributed by atoms with Crippen LogP contribution in [0.1, 0.15) is 25.7 Å². The normalized spacial score (nSPS) is 37.3. The lowest BCUT2D eigenvalue weighted by molar-refractivity contribution is 0.164. The minimum atomic E-state index is -0.658. The van der Waals surface area contributed by atoms with Gasteiger partial charge in [0.15, 0.2) is 5.79 Å². The van der Waals surface area contributed by atoms with Gasteiger partial charge in [0.05, 0.1) is 0 Å². The van der Waals surface area contributed by atoms with Gasteiger partial charge in [-0.1, -0.05) is 0 Å². The van der Waals surface area contributed by atoms with Gasteiger partial charge in [-0.15, -0.1) is 0 Å². The molecule has 2 aliphatic rings. The van der Waals surface area contributed by atoms with E-state index in [2.05, 4.69) is 10.3 Å². The van der Waals surface area contributed by atoms with E-state index in [0.717, 1.165) is 31.5 Å². The third-order valence-corrected chi connectivity index (χ3v) is 3.72. The van der Waals surface area contributed by atoms with E-state index < -0.39 is 5.79 Å². The van der Waals surface area contributed by atoms with Crippen molar-refractivity contribution >= 4 is 6.21 Å². The molecule has 0 aromatic rings. The van der Waals surface area contributed by atoms with Gasteiger partial charge in [0, 0.05) is 32.3 Å². The van der Waals surface area contributed by atoms with Crippen LogP contribution in [0.2, 0.25) is 0 Å². The predicted molar refractivity (Wildman–Crippen MR) is 70.2 cm³/mol. The van der Waals surface area contributed by atoms with Crippen molar-refractivity contribution in [2.75, 3.05) is 14.1 Å². The smallest absolute Gasteiger partial charge is 0.186 e. The summed E-state index contributed by atoms with van der Waals surface area (Å²) in [6.07, 6.45) is 7.93. The Morgan fingerprint density at radius 3 is 2.59 bits per heavy atom. The number of hydrogen-bond acceptors (Lipinski definition) is 5. The van der Waals surface area contributed by atoms with Gasteiger partial charge in [0.2, 0.25) is 0 Å². The van der Waals surface area contributed by atoms with Crippen LogP contribution >= 0.6 is 0 Å². The van der Waals surface area contributed by atoms with Crippen LogP contribution in [-0.4, -0.2) is 37.0 Å². The molecule has 1 aliphatic carbocycles. The van der Waals surface area contributed by atoms with Gasteiger partial charge in [-0.25, -0.2) is 0 Å². The van der Waals surface area contributed by atoms with E-state index in [9.17, 15) is 0 Å². The molecule has 96 valence electrons. The molecule has 1 saturated carbocycles. The van der Waals surface area contributed by atoms with Crippen molar-refractivity contribution in [1.29, 1.82) is 0 Å². The van der Waals surface area contributed by atoms with Gasteiger partial charge in [0.1, 0.15) is 5.82 Å². The minimum Gasteiger partial charge on any atom is -0.364 e. The number of hydrogen-bond donors (Lipinski definition) is 3. The van der Waals surface area contributed by atoms with Crippen molar-refractivity contribution < 1.29 is 0 Å². The van der Waals surface area contributed by atoms with Crippen LogP contribution in [0.4, 0.5) is 0 Å². The molecule has 1 aliphatic heterocycles. The maximum atomic E-state index is 6.39. The van der Waals surface area contributed by atoms with E-state index in [-0.39, 0.29) is 0 Å². The maximum Gasteiger partial charge on any atom is 0.186 e. The van der Waals surface area contributed by atoms with E-state index in [1.807, 2.05) is 25.1 Å². The van der Waals surface area contributed by atoms with Gasteiger partial charge in [-0.3, -0.25) is 10.7 Å². The van der Waals surface area contributed by atoms with Gasteiger partial charge in [-0.2, -0.15) is 0 Å². The quantitative estimate of drug-likeness (QED) is 0.640. The molecule has 2 rings (SSSR count). The minimum absolute atomic E-state index is 0.339. The van der Waals surface area contributed by atoms with Crippen molar-refractivity contribution in [2.24, 2.45) is 22.4 Å². The van der Waals surface area contributed by atoms with Crippen molar-refractivity contribution in [3.63, 3.8) is 0 Å². The number of nitrogens with zero attached hydrogens (tertiary/aromatic N) is 2. The van der Waals surface area contributed by atoms with Gasteiger partial charge in [0.25, 0.3) is 0 Å². The number of allylic oxidation sites excluding steroid dienone is 1. The standard InChI is InChI=1S/C12H23N5/c1-17(2)11-7-8-15-12(14,16-11)9-3-5-10(13)6-4-9/h7-10,16H,3-6,13-14H2,1-2H3. The van der Waals surface area contributed by atoms with Crippen molar-refractivity contribution in [3.05, 3.63) is 11.9 Å². The first kappa shape index (κ1) is 12.4. The third-order valence-electron chi connectivity index (χ3n) is 3.72. The number of aliphatic imine (C=N–C) groups is 1. The lowest BCUT2D eigenvalue weighted by Gasteiger charge is -2.41.